The number of halogens is 2. The molecule has 0 aliphatic carbocycles. The molecule has 1 N–H and O–H groups in total. The Morgan fingerprint density at radius 1 is 1.44 bits per heavy atom. The van der Waals surface area contributed by atoms with Crippen molar-refractivity contribution < 1.29 is 9.90 Å². The van der Waals surface area contributed by atoms with E-state index in [9.17, 15) is 9.90 Å². The fourth-order valence-corrected chi connectivity index (χ4v) is 3.05. The molecule has 0 radical (unpaired) electrons. The summed E-state index contributed by atoms with van der Waals surface area (Å²) in [4.78, 5) is 13.4. The Kier molecular flexibility index (Phi) is 4.14. The number of carboxylic acid groups (broad SMARTS) is 1. The molecule has 1 aromatic carbocycles. The molecule has 18 heavy (non-hydrogen) atoms. The second-order valence-corrected chi connectivity index (χ2v) is 6.56. The number of benzene rings is 1. The van der Waals surface area contributed by atoms with Crippen LogP contribution in [0.15, 0.2) is 27.1 Å². The zero-order valence-corrected chi connectivity index (χ0v) is 13.3. The molecular formula is C13H15Br2NO2. The molecule has 0 saturated carbocycles. The van der Waals surface area contributed by atoms with Crippen molar-refractivity contribution in [1.82, 2.24) is 4.90 Å². The molecule has 2 rings (SSSR count). The molecule has 1 atom stereocenters. The van der Waals surface area contributed by atoms with Crippen LogP contribution in [-0.4, -0.2) is 28.1 Å². The molecule has 1 heterocycles. The van der Waals surface area contributed by atoms with Gasteiger partial charge in [0.2, 0.25) is 0 Å². The lowest BCUT2D eigenvalue weighted by molar-refractivity contribution is -0.148. The van der Waals surface area contributed by atoms with E-state index < -0.39 is 11.5 Å². The maximum atomic E-state index is 11.4. The summed E-state index contributed by atoms with van der Waals surface area (Å²) in [5.74, 6) is -0.726. The molecule has 1 fully saturated rings. The summed E-state index contributed by atoms with van der Waals surface area (Å²) in [5, 5.41) is 9.36. The molecular weight excluding hydrogens is 362 g/mol. The van der Waals surface area contributed by atoms with Crippen molar-refractivity contribution in [3.05, 3.63) is 32.7 Å². The maximum Gasteiger partial charge on any atom is 0.323 e. The van der Waals surface area contributed by atoms with Crippen LogP contribution in [0.4, 0.5) is 0 Å². The zero-order chi connectivity index (χ0) is 13.3. The Hall–Kier alpha value is -0.390. The third-order valence-corrected chi connectivity index (χ3v) is 5.49. The van der Waals surface area contributed by atoms with E-state index in [0.29, 0.717) is 6.54 Å². The molecule has 1 aliphatic heterocycles. The quantitative estimate of drug-likeness (QED) is 0.875. The highest BCUT2D eigenvalue weighted by Crippen LogP contribution is 2.32. The van der Waals surface area contributed by atoms with Gasteiger partial charge >= 0.3 is 5.97 Å². The highest BCUT2D eigenvalue weighted by molar-refractivity contribution is 9.13. The fraction of sp³-hybridized carbons (Fsp3) is 0.462. The first-order valence-corrected chi connectivity index (χ1v) is 7.44. The number of carboxylic acids is 1. The van der Waals surface area contributed by atoms with Crippen LogP contribution >= 0.6 is 31.9 Å². The van der Waals surface area contributed by atoms with Crippen molar-refractivity contribution in [2.75, 3.05) is 6.54 Å². The summed E-state index contributed by atoms with van der Waals surface area (Å²) >= 11 is 6.90. The Labute approximate surface area is 123 Å². The number of likely N-dealkylation sites (tertiary alicyclic amines) is 1. The average Bonchev–Trinajstić information content (AvgIpc) is 2.67. The van der Waals surface area contributed by atoms with Gasteiger partial charge in [-0.05, 0) is 75.9 Å². The van der Waals surface area contributed by atoms with Gasteiger partial charge in [0.15, 0.2) is 0 Å². The number of hydrogen-bond donors (Lipinski definition) is 1. The average molecular weight is 377 g/mol. The van der Waals surface area contributed by atoms with E-state index in [4.69, 9.17) is 0 Å². The monoisotopic (exact) mass is 375 g/mol. The van der Waals surface area contributed by atoms with Crippen LogP contribution in [0.25, 0.3) is 0 Å². The first-order valence-electron chi connectivity index (χ1n) is 5.86. The van der Waals surface area contributed by atoms with E-state index in [1.807, 2.05) is 30.0 Å². The zero-order valence-electron chi connectivity index (χ0n) is 10.1. The molecule has 98 valence electrons. The molecule has 1 aliphatic rings. The molecule has 3 nitrogen and oxygen atoms in total. The number of nitrogens with zero attached hydrogens (tertiary/aromatic N) is 1. The molecule has 0 aromatic heterocycles. The lowest BCUT2D eigenvalue weighted by Crippen LogP contribution is -2.47. The van der Waals surface area contributed by atoms with E-state index in [0.717, 1.165) is 33.9 Å². The van der Waals surface area contributed by atoms with E-state index in [1.54, 1.807) is 0 Å². The van der Waals surface area contributed by atoms with Gasteiger partial charge in [-0.25, -0.2) is 0 Å². The van der Waals surface area contributed by atoms with Crippen molar-refractivity contribution in [2.45, 2.75) is 31.8 Å². The maximum absolute atomic E-state index is 11.4. The van der Waals surface area contributed by atoms with Gasteiger partial charge in [-0.3, -0.25) is 9.69 Å². The molecule has 1 saturated heterocycles. The minimum Gasteiger partial charge on any atom is -0.480 e. The van der Waals surface area contributed by atoms with Crippen LogP contribution in [0.1, 0.15) is 25.3 Å². The van der Waals surface area contributed by atoms with E-state index in [1.165, 1.54) is 0 Å². The van der Waals surface area contributed by atoms with Gasteiger partial charge in [-0.1, -0.05) is 6.07 Å². The molecule has 5 heteroatoms. The van der Waals surface area contributed by atoms with Crippen LogP contribution in [0, 0.1) is 0 Å². The van der Waals surface area contributed by atoms with Gasteiger partial charge in [-0.2, -0.15) is 0 Å². The smallest absolute Gasteiger partial charge is 0.323 e. The summed E-state index contributed by atoms with van der Waals surface area (Å²) in [7, 11) is 0. The minimum absolute atomic E-state index is 0.675. The summed E-state index contributed by atoms with van der Waals surface area (Å²) in [6, 6.07) is 6.04. The first kappa shape index (κ1) is 14.0. The SMILES string of the molecule is CC1(C(=O)O)CCCN1Cc1ccc(Br)c(Br)c1. The second-order valence-electron chi connectivity index (χ2n) is 4.85. The van der Waals surface area contributed by atoms with Crippen molar-refractivity contribution in [3.63, 3.8) is 0 Å². The van der Waals surface area contributed by atoms with Gasteiger partial charge in [0.25, 0.3) is 0 Å². The Morgan fingerprint density at radius 3 is 2.78 bits per heavy atom. The van der Waals surface area contributed by atoms with Gasteiger partial charge in [0.05, 0.1) is 0 Å². The predicted octanol–water partition coefficient (Wildman–Crippen LogP) is 3.65. The predicted molar refractivity (Wildman–Crippen MR) is 77.5 cm³/mol. The summed E-state index contributed by atoms with van der Waals surface area (Å²) in [6.45, 7) is 3.33. The topological polar surface area (TPSA) is 40.5 Å². The van der Waals surface area contributed by atoms with Crippen molar-refractivity contribution >= 4 is 37.8 Å². The first-order chi connectivity index (χ1) is 8.43. The van der Waals surface area contributed by atoms with Crippen molar-refractivity contribution in [1.29, 1.82) is 0 Å². The van der Waals surface area contributed by atoms with Gasteiger partial charge in [-0.15, -0.1) is 0 Å². The van der Waals surface area contributed by atoms with E-state index in [2.05, 4.69) is 31.9 Å². The Morgan fingerprint density at radius 2 is 2.17 bits per heavy atom. The van der Waals surface area contributed by atoms with E-state index in [-0.39, 0.29) is 0 Å². The molecule has 1 unspecified atom stereocenters. The summed E-state index contributed by atoms with van der Waals surface area (Å²) in [5.41, 5.74) is 0.402. The Bertz CT molecular complexity index is 478. The molecule has 0 bridgehead atoms. The Balaban J connectivity index is 2.18. The van der Waals surface area contributed by atoms with Crippen molar-refractivity contribution in [3.8, 4) is 0 Å². The molecule has 1 aromatic rings. The third kappa shape index (κ3) is 2.63. The van der Waals surface area contributed by atoms with Crippen LogP contribution in [-0.2, 0) is 11.3 Å². The number of carbonyl (C=O) groups is 1. The van der Waals surface area contributed by atoms with Crippen LogP contribution in [0.5, 0.6) is 0 Å². The number of rotatable bonds is 3. The lowest BCUT2D eigenvalue weighted by Gasteiger charge is -2.31. The van der Waals surface area contributed by atoms with Gasteiger partial charge in [0, 0.05) is 15.5 Å². The largest absolute Gasteiger partial charge is 0.480 e. The highest BCUT2D eigenvalue weighted by atomic mass is 79.9. The number of hydrogen-bond acceptors (Lipinski definition) is 2. The minimum atomic E-state index is -0.726. The lowest BCUT2D eigenvalue weighted by atomic mass is 9.99. The standard InChI is InChI=1S/C13H15Br2NO2/c1-13(12(17)18)5-2-6-16(13)8-9-3-4-10(14)11(15)7-9/h3-4,7H,2,5-6,8H2,1H3,(H,17,18). The summed E-state index contributed by atoms with van der Waals surface area (Å²) in [6.07, 6.45) is 1.67. The third-order valence-electron chi connectivity index (χ3n) is 3.61. The second kappa shape index (κ2) is 5.31. The normalized spacial score (nSPS) is 24.4. The highest BCUT2D eigenvalue weighted by Gasteiger charge is 2.43. The number of aliphatic carboxylic acids is 1. The van der Waals surface area contributed by atoms with E-state index >= 15 is 0 Å². The van der Waals surface area contributed by atoms with Crippen LogP contribution in [0.3, 0.4) is 0 Å². The van der Waals surface area contributed by atoms with Crippen molar-refractivity contribution in [2.24, 2.45) is 0 Å². The van der Waals surface area contributed by atoms with Gasteiger partial charge < -0.3 is 5.11 Å². The fourth-order valence-electron chi connectivity index (χ4n) is 2.37. The molecule has 0 amide bonds. The summed E-state index contributed by atoms with van der Waals surface area (Å²) < 4.78 is 2.00. The van der Waals surface area contributed by atoms with Gasteiger partial charge in [0.1, 0.15) is 5.54 Å². The van der Waals surface area contributed by atoms with Crippen LogP contribution in [0.2, 0.25) is 0 Å². The molecule has 0 spiro atoms. The van der Waals surface area contributed by atoms with Crippen LogP contribution < -0.4 is 0 Å².